The lowest BCUT2D eigenvalue weighted by Crippen LogP contribution is -2.44. The van der Waals surface area contributed by atoms with Crippen LogP contribution >= 0.6 is 0 Å². The third kappa shape index (κ3) is 4.28. The van der Waals surface area contributed by atoms with Crippen LogP contribution in [0, 0.1) is 10.1 Å². The molecule has 0 aliphatic carbocycles. The Morgan fingerprint density at radius 1 is 1.20 bits per heavy atom. The second kappa shape index (κ2) is 7.86. The van der Waals surface area contributed by atoms with Crippen LogP contribution in [0.3, 0.4) is 0 Å². The second-order valence-electron chi connectivity index (χ2n) is 5.05. The molecule has 0 saturated heterocycles. The van der Waals surface area contributed by atoms with Gasteiger partial charge in [-0.15, -0.1) is 0 Å². The standard InChI is InChI=1S/C16H16N4O5/c1-2-17-16(23)18-15(22)14(11-6-4-3-5-7-11)19-10-12(20(24)25)8-9-13(19)21/h3-10,14H,2H2,1H3,(H2,17,18,22,23)/t14-/m0/s1. The minimum Gasteiger partial charge on any atom is -0.338 e. The quantitative estimate of drug-likeness (QED) is 0.623. The molecule has 0 spiro atoms. The lowest BCUT2D eigenvalue weighted by molar-refractivity contribution is -0.385. The molecule has 130 valence electrons. The molecule has 0 aliphatic rings. The Balaban J connectivity index is 2.51. The van der Waals surface area contributed by atoms with Gasteiger partial charge < -0.3 is 5.32 Å². The monoisotopic (exact) mass is 344 g/mol. The summed E-state index contributed by atoms with van der Waals surface area (Å²) < 4.78 is 0.933. The Kier molecular flexibility index (Phi) is 5.62. The van der Waals surface area contributed by atoms with Gasteiger partial charge in [0.1, 0.15) is 6.04 Å². The average molecular weight is 344 g/mol. The zero-order valence-corrected chi connectivity index (χ0v) is 13.3. The van der Waals surface area contributed by atoms with E-state index in [1.165, 1.54) is 0 Å². The zero-order chi connectivity index (χ0) is 18.4. The number of hydrogen-bond acceptors (Lipinski definition) is 5. The molecule has 25 heavy (non-hydrogen) atoms. The predicted octanol–water partition coefficient (Wildman–Crippen LogP) is 1.19. The van der Waals surface area contributed by atoms with Crippen LogP contribution in [0.2, 0.25) is 0 Å². The van der Waals surface area contributed by atoms with Crippen LogP contribution in [0.15, 0.2) is 53.5 Å². The van der Waals surface area contributed by atoms with E-state index in [1.807, 2.05) is 0 Å². The maximum absolute atomic E-state index is 12.6. The van der Waals surface area contributed by atoms with Crippen molar-refractivity contribution in [1.29, 1.82) is 0 Å². The van der Waals surface area contributed by atoms with Crippen LogP contribution in [0.4, 0.5) is 10.5 Å². The Morgan fingerprint density at radius 2 is 1.88 bits per heavy atom. The molecule has 1 heterocycles. The van der Waals surface area contributed by atoms with Crippen molar-refractivity contribution in [1.82, 2.24) is 15.2 Å². The third-order valence-electron chi connectivity index (χ3n) is 3.35. The van der Waals surface area contributed by atoms with Gasteiger partial charge in [-0.3, -0.25) is 29.6 Å². The molecule has 0 aliphatic heterocycles. The molecule has 0 fully saturated rings. The maximum Gasteiger partial charge on any atom is 0.321 e. The van der Waals surface area contributed by atoms with Gasteiger partial charge in [-0.25, -0.2) is 4.79 Å². The van der Waals surface area contributed by atoms with E-state index in [1.54, 1.807) is 37.3 Å². The summed E-state index contributed by atoms with van der Waals surface area (Å²) in [7, 11) is 0. The van der Waals surface area contributed by atoms with E-state index in [0.29, 0.717) is 12.1 Å². The van der Waals surface area contributed by atoms with E-state index in [4.69, 9.17) is 0 Å². The lowest BCUT2D eigenvalue weighted by Gasteiger charge is -2.19. The van der Waals surface area contributed by atoms with Gasteiger partial charge in [0, 0.05) is 18.7 Å². The third-order valence-corrected chi connectivity index (χ3v) is 3.35. The van der Waals surface area contributed by atoms with Crippen molar-refractivity contribution in [3.63, 3.8) is 0 Å². The van der Waals surface area contributed by atoms with E-state index >= 15 is 0 Å². The van der Waals surface area contributed by atoms with Crippen molar-refractivity contribution in [2.45, 2.75) is 13.0 Å². The van der Waals surface area contributed by atoms with E-state index in [-0.39, 0.29) is 5.69 Å². The molecule has 1 aromatic heterocycles. The highest BCUT2D eigenvalue weighted by molar-refractivity contribution is 5.97. The second-order valence-corrected chi connectivity index (χ2v) is 5.05. The summed E-state index contributed by atoms with van der Waals surface area (Å²) in [5.74, 6) is -0.778. The maximum atomic E-state index is 12.6. The number of rotatable bonds is 5. The Hall–Kier alpha value is -3.49. The summed E-state index contributed by atoms with van der Waals surface area (Å²) in [6, 6.07) is 8.34. The number of carbonyl (C=O) groups excluding carboxylic acids is 2. The van der Waals surface area contributed by atoms with Gasteiger partial charge in [-0.2, -0.15) is 0 Å². The fourth-order valence-electron chi connectivity index (χ4n) is 2.26. The molecule has 2 aromatic rings. The molecular formula is C16H16N4O5. The predicted molar refractivity (Wildman–Crippen MR) is 89.2 cm³/mol. The number of imide groups is 1. The first-order valence-corrected chi connectivity index (χ1v) is 7.44. The summed E-state index contributed by atoms with van der Waals surface area (Å²) in [6.45, 7) is 2.00. The van der Waals surface area contributed by atoms with Crippen LogP contribution < -0.4 is 16.2 Å². The van der Waals surface area contributed by atoms with Gasteiger partial charge >= 0.3 is 6.03 Å². The molecular weight excluding hydrogens is 328 g/mol. The van der Waals surface area contributed by atoms with E-state index in [2.05, 4.69) is 10.6 Å². The minimum atomic E-state index is -1.23. The van der Waals surface area contributed by atoms with Crippen molar-refractivity contribution in [3.05, 3.63) is 74.7 Å². The number of nitrogens with zero attached hydrogens (tertiary/aromatic N) is 2. The van der Waals surface area contributed by atoms with E-state index in [9.17, 15) is 24.5 Å². The van der Waals surface area contributed by atoms with E-state index in [0.717, 1.165) is 22.9 Å². The summed E-state index contributed by atoms with van der Waals surface area (Å²) in [4.78, 5) is 46.7. The van der Waals surface area contributed by atoms with Crippen molar-refractivity contribution in [2.75, 3.05) is 6.54 Å². The zero-order valence-electron chi connectivity index (χ0n) is 13.3. The van der Waals surface area contributed by atoms with E-state index < -0.39 is 28.5 Å². The molecule has 1 aromatic carbocycles. The van der Waals surface area contributed by atoms with Crippen LogP contribution in [0.25, 0.3) is 0 Å². The van der Waals surface area contributed by atoms with Crippen molar-refractivity contribution < 1.29 is 14.5 Å². The first-order valence-electron chi connectivity index (χ1n) is 7.44. The van der Waals surface area contributed by atoms with Crippen LogP contribution in [-0.2, 0) is 4.79 Å². The van der Waals surface area contributed by atoms with Crippen molar-refractivity contribution in [3.8, 4) is 0 Å². The number of benzene rings is 1. The first-order chi connectivity index (χ1) is 11.9. The number of urea groups is 1. The number of nitrogens with one attached hydrogen (secondary N) is 2. The fraction of sp³-hybridized carbons (Fsp3) is 0.188. The van der Waals surface area contributed by atoms with Gasteiger partial charge in [-0.05, 0) is 12.5 Å². The van der Waals surface area contributed by atoms with Crippen molar-refractivity contribution >= 4 is 17.6 Å². The average Bonchev–Trinajstić information content (AvgIpc) is 2.57. The van der Waals surface area contributed by atoms with Gasteiger partial charge in [0.15, 0.2) is 0 Å². The number of amides is 3. The minimum absolute atomic E-state index is 0.311. The smallest absolute Gasteiger partial charge is 0.321 e. The van der Waals surface area contributed by atoms with Gasteiger partial charge in [0.25, 0.3) is 17.2 Å². The van der Waals surface area contributed by atoms with Crippen molar-refractivity contribution in [2.24, 2.45) is 0 Å². The lowest BCUT2D eigenvalue weighted by atomic mass is 10.1. The molecule has 9 heteroatoms. The molecule has 2 rings (SSSR count). The highest BCUT2D eigenvalue weighted by Gasteiger charge is 2.26. The topological polar surface area (TPSA) is 123 Å². The summed E-state index contributed by atoms with van der Waals surface area (Å²) in [5.41, 5.74) is -0.538. The SMILES string of the molecule is CCNC(=O)NC(=O)[C@H](c1ccccc1)n1cc([N+](=O)[O-])ccc1=O. The van der Waals surface area contributed by atoms with Gasteiger partial charge in [-0.1, -0.05) is 30.3 Å². The molecule has 0 bridgehead atoms. The molecule has 1 atom stereocenters. The number of pyridine rings is 1. The normalized spacial score (nSPS) is 11.4. The number of hydrogen-bond donors (Lipinski definition) is 2. The molecule has 0 saturated carbocycles. The Labute approximate surface area is 142 Å². The Bertz CT molecular complexity index is 847. The largest absolute Gasteiger partial charge is 0.338 e. The number of nitro groups is 1. The molecule has 0 radical (unpaired) electrons. The highest BCUT2D eigenvalue weighted by Crippen LogP contribution is 2.19. The van der Waals surface area contributed by atoms with Gasteiger partial charge in [0.2, 0.25) is 0 Å². The summed E-state index contributed by atoms with van der Waals surface area (Å²) in [6.07, 6.45) is 0.983. The molecule has 2 N–H and O–H groups in total. The van der Waals surface area contributed by atoms with Crippen LogP contribution in [0.5, 0.6) is 0 Å². The van der Waals surface area contributed by atoms with Crippen LogP contribution in [-0.4, -0.2) is 28.0 Å². The highest BCUT2D eigenvalue weighted by atomic mass is 16.6. The Morgan fingerprint density at radius 3 is 2.48 bits per heavy atom. The number of carbonyl (C=O) groups is 2. The fourth-order valence-corrected chi connectivity index (χ4v) is 2.26. The van der Waals surface area contributed by atoms with Gasteiger partial charge in [0.05, 0.1) is 11.1 Å². The first kappa shape index (κ1) is 17.9. The molecule has 0 unspecified atom stereocenters. The summed E-state index contributed by atoms with van der Waals surface area (Å²) in [5, 5.41) is 15.5. The summed E-state index contributed by atoms with van der Waals surface area (Å²) >= 11 is 0. The number of aromatic nitrogens is 1. The molecule has 9 nitrogen and oxygen atoms in total. The van der Waals surface area contributed by atoms with Crippen LogP contribution in [0.1, 0.15) is 18.5 Å². The molecule has 3 amide bonds.